The van der Waals surface area contributed by atoms with E-state index in [4.69, 9.17) is 0 Å². The van der Waals surface area contributed by atoms with Crippen LogP contribution in [0, 0.1) is 0 Å². The molecule has 0 aliphatic heterocycles. The summed E-state index contributed by atoms with van der Waals surface area (Å²) in [5.74, 6) is 0. The molecular weight excluding hydrogens is 937 g/mol. The highest BCUT2D eigenvalue weighted by atomic mass is 28.4. The summed E-state index contributed by atoms with van der Waals surface area (Å²) < 4.78 is -0.119. The molecule has 0 N–H and O–H groups in total. The summed E-state index contributed by atoms with van der Waals surface area (Å²) in [6.45, 7) is 43.6. The van der Waals surface area contributed by atoms with Gasteiger partial charge in [-0.2, -0.15) is 0 Å². The van der Waals surface area contributed by atoms with Gasteiger partial charge in [0.2, 0.25) is 0 Å². The van der Waals surface area contributed by atoms with E-state index in [2.05, 4.69) is 302 Å². The second-order valence-corrected chi connectivity index (χ2v) is 39.0. The molecule has 1 aliphatic carbocycles. The van der Waals surface area contributed by atoms with Crippen molar-refractivity contribution in [2.75, 3.05) is 9.80 Å². The maximum Gasteiger partial charge on any atom is 0.0579 e. The third-order valence-corrected chi connectivity index (χ3v) is 26.8. The Hall–Kier alpha value is -6.21. The van der Waals surface area contributed by atoms with Gasteiger partial charge in [-0.25, -0.2) is 0 Å². The number of hydrogen-bond donors (Lipinski definition) is 0. The van der Waals surface area contributed by atoms with Crippen LogP contribution in [-0.2, 0) is 26.3 Å². The first kappa shape index (κ1) is 52.2. The van der Waals surface area contributed by atoms with Crippen LogP contribution in [-0.4, -0.2) is 16.1 Å². The topological polar surface area (TPSA) is 6.48 Å². The normalized spacial score (nSPS) is 14.1. The van der Waals surface area contributed by atoms with Crippen molar-refractivity contribution in [1.82, 2.24) is 0 Å². The lowest BCUT2D eigenvalue weighted by atomic mass is 9.86. The van der Waals surface area contributed by atoms with E-state index in [-0.39, 0.29) is 26.3 Å². The first-order chi connectivity index (χ1) is 35.0. The Bertz CT molecular complexity index is 3490. The highest BCUT2D eigenvalue weighted by Gasteiger charge is 2.60. The van der Waals surface area contributed by atoms with E-state index in [0.717, 1.165) is 22.7 Å². The molecule has 4 heteroatoms. The number of benzene rings is 9. The van der Waals surface area contributed by atoms with Gasteiger partial charge in [0, 0.05) is 38.8 Å². The quantitative estimate of drug-likeness (QED) is 0.111. The fourth-order valence-electron chi connectivity index (χ4n) is 13.1. The van der Waals surface area contributed by atoms with Crippen molar-refractivity contribution in [3.05, 3.63) is 203 Å². The van der Waals surface area contributed by atoms with Gasteiger partial charge in [-0.1, -0.05) is 219 Å². The molecule has 9 aromatic rings. The van der Waals surface area contributed by atoms with Gasteiger partial charge in [0.05, 0.1) is 16.1 Å². The molecule has 0 radical (unpaired) electrons. The number of fused-ring (bicyclic) bond motifs is 10. The number of rotatable bonds is 8. The maximum atomic E-state index is 2.67. The zero-order chi connectivity index (χ0) is 54.0. The van der Waals surface area contributed by atoms with E-state index < -0.39 is 16.1 Å². The fourth-order valence-corrected chi connectivity index (χ4v) is 26.2. The minimum absolute atomic E-state index is 0.0581. The van der Waals surface area contributed by atoms with Gasteiger partial charge in [-0.15, -0.1) is 0 Å². The molecule has 0 unspecified atom stereocenters. The molecule has 0 saturated carbocycles. The summed E-state index contributed by atoms with van der Waals surface area (Å²) in [5, 5.41) is 8.08. The lowest BCUT2D eigenvalue weighted by Crippen LogP contribution is -2.63. The van der Waals surface area contributed by atoms with Gasteiger partial charge in [0.25, 0.3) is 0 Å². The zero-order valence-electron chi connectivity index (χ0n) is 48.6. The van der Waals surface area contributed by atoms with Gasteiger partial charge < -0.3 is 9.80 Å². The molecule has 9 aromatic carbocycles. The van der Waals surface area contributed by atoms with Crippen LogP contribution < -0.4 is 9.80 Å². The first-order valence-electron chi connectivity index (χ1n) is 27.6. The summed E-state index contributed by atoms with van der Waals surface area (Å²) in [4.78, 5) is 4.94. The maximum absolute atomic E-state index is 2.67. The average molecular weight is 1020 g/mol. The van der Waals surface area contributed by atoms with Crippen molar-refractivity contribution >= 4 is 82.6 Å². The van der Waals surface area contributed by atoms with Crippen molar-refractivity contribution in [3.63, 3.8) is 0 Å². The van der Waals surface area contributed by atoms with Crippen LogP contribution in [0.4, 0.5) is 34.1 Å². The van der Waals surface area contributed by atoms with Crippen molar-refractivity contribution in [1.29, 1.82) is 0 Å². The monoisotopic (exact) mass is 1020 g/mol. The highest BCUT2D eigenvalue weighted by Crippen LogP contribution is 2.63. The Labute approximate surface area is 452 Å². The van der Waals surface area contributed by atoms with Crippen LogP contribution in [0.2, 0.25) is 39.3 Å². The van der Waals surface area contributed by atoms with Crippen molar-refractivity contribution in [2.45, 2.75) is 149 Å². The molecule has 0 fully saturated rings. The molecule has 384 valence electrons. The Morgan fingerprint density at radius 3 is 1.03 bits per heavy atom. The van der Waals surface area contributed by atoms with Crippen LogP contribution in [0.1, 0.15) is 116 Å². The summed E-state index contributed by atoms with van der Waals surface area (Å²) >= 11 is 0. The fraction of sp³-hybridized carbons (Fsp3) is 0.324. The van der Waals surface area contributed by atoms with Gasteiger partial charge in [0.15, 0.2) is 0 Å². The average Bonchev–Trinajstić information content (AvgIpc) is 3.68. The molecule has 75 heavy (non-hydrogen) atoms. The summed E-state index contributed by atoms with van der Waals surface area (Å²) in [5.41, 5.74) is 18.6. The van der Waals surface area contributed by atoms with Crippen LogP contribution in [0.25, 0.3) is 43.4 Å². The predicted molar refractivity (Wildman–Crippen MR) is 336 cm³/mol. The molecule has 0 bridgehead atoms. The molecule has 0 saturated heterocycles. The molecule has 2 nitrogen and oxygen atoms in total. The second kappa shape index (κ2) is 18.0. The molecule has 0 atom stereocenters. The van der Waals surface area contributed by atoms with Gasteiger partial charge in [0.1, 0.15) is 0 Å². The smallest absolute Gasteiger partial charge is 0.0579 e. The summed E-state index contributed by atoms with van der Waals surface area (Å²) in [6.07, 6.45) is 0. The van der Waals surface area contributed by atoms with Gasteiger partial charge in [-0.05, 0) is 171 Å². The molecule has 0 spiro atoms. The SMILES string of the molecule is CC(C)(C)c1ccc(N(c2ccc(C(C)(C)C)cc2)c2ccc3c4c(ccc3c2)-c2c(c3ccc(N(c5ccc(C(C)(C)C)cc5)c5ccc(C(C)(C)C)cc5)cc3c3ccccc23)C4([Si](C)(C)C)[Si](C)(C)C)cc1. The van der Waals surface area contributed by atoms with Crippen LogP contribution >= 0.6 is 0 Å². The van der Waals surface area contributed by atoms with E-state index >= 15 is 0 Å². The van der Waals surface area contributed by atoms with E-state index in [0.29, 0.717) is 0 Å². The molecular formula is C71H82N2Si2. The lowest BCUT2D eigenvalue weighted by Gasteiger charge is -2.52. The van der Waals surface area contributed by atoms with Crippen molar-refractivity contribution in [2.24, 2.45) is 0 Å². The second-order valence-electron chi connectivity index (χ2n) is 28.0. The van der Waals surface area contributed by atoms with Crippen LogP contribution in [0.3, 0.4) is 0 Å². The van der Waals surface area contributed by atoms with Crippen LogP contribution in [0.15, 0.2) is 170 Å². The Kier molecular flexibility index (Phi) is 12.5. The Morgan fingerprint density at radius 2 is 0.653 bits per heavy atom. The zero-order valence-corrected chi connectivity index (χ0v) is 50.6. The molecule has 10 rings (SSSR count). The number of nitrogens with zero attached hydrogens (tertiary/aromatic N) is 2. The standard InChI is InChI=1S/C71H82N2Si2/c1-67(2,3)48-24-32-52(33-25-48)72(53-34-26-49(27-35-53)68(4,5)6)56-40-43-58-47(45-56)23-42-62-64-60-22-20-19-21-59(60)63-46-57(41-44-61(63)66(64)71(65(58)62,74(13,14)15)75(16,17)18)73(54-36-28-50(29-37-54)69(7,8)9)55-38-30-51(31-39-55)70(10,11)12/h19-46H,1-18H3. The van der Waals surface area contributed by atoms with Crippen molar-refractivity contribution < 1.29 is 0 Å². The summed E-state index contributed by atoms with van der Waals surface area (Å²) in [7, 11) is -4.32. The minimum atomic E-state index is -2.16. The Balaban J connectivity index is 1.21. The van der Waals surface area contributed by atoms with Gasteiger partial charge in [-0.3, -0.25) is 0 Å². The largest absolute Gasteiger partial charge is 0.310 e. The van der Waals surface area contributed by atoms with E-state index in [9.17, 15) is 0 Å². The third-order valence-electron chi connectivity index (χ3n) is 16.8. The molecule has 0 amide bonds. The third kappa shape index (κ3) is 8.88. The van der Waals surface area contributed by atoms with Gasteiger partial charge >= 0.3 is 0 Å². The lowest BCUT2D eigenvalue weighted by molar-refractivity contribution is 0.590. The molecule has 1 aliphatic rings. The van der Waals surface area contributed by atoms with E-state index in [1.165, 1.54) is 77.1 Å². The highest BCUT2D eigenvalue weighted by molar-refractivity contribution is 7.00. The summed E-state index contributed by atoms with van der Waals surface area (Å²) in [6, 6.07) is 66.2. The predicted octanol–water partition coefficient (Wildman–Crippen LogP) is 21.3. The molecule has 0 heterocycles. The molecule has 0 aromatic heterocycles. The number of anilines is 6. The van der Waals surface area contributed by atoms with Crippen LogP contribution in [0.5, 0.6) is 0 Å². The minimum Gasteiger partial charge on any atom is -0.310 e. The van der Waals surface area contributed by atoms with E-state index in [1.54, 1.807) is 11.1 Å². The number of hydrogen-bond acceptors (Lipinski definition) is 2. The van der Waals surface area contributed by atoms with E-state index in [1.807, 2.05) is 0 Å². The van der Waals surface area contributed by atoms with Crippen molar-refractivity contribution in [3.8, 4) is 11.1 Å². The first-order valence-corrected chi connectivity index (χ1v) is 34.6. The Morgan fingerprint density at radius 1 is 0.307 bits per heavy atom.